The predicted octanol–water partition coefficient (Wildman–Crippen LogP) is 1.95. The summed E-state index contributed by atoms with van der Waals surface area (Å²) in [5.41, 5.74) is 1.19. The maximum atomic E-state index is 11.0. The highest BCUT2D eigenvalue weighted by atomic mass is 16.5. The molecule has 0 aliphatic rings. The van der Waals surface area contributed by atoms with Crippen LogP contribution in [0.15, 0.2) is 11.6 Å². The van der Waals surface area contributed by atoms with Gasteiger partial charge in [0.1, 0.15) is 6.61 Å². The van der Waals surface area contributed by atoms with Gasteiger partial charge in [-0.3, -0.25) is 4.79 Å². The number of carbonyl (C=O) groups excluding carboxylic acids is 1. The van der Waals surface area contributed by atoms with Gasteiger partial charge in [0.25, 0.3) is 0 Å². The van der Waals surface area contributed by atoms with Crippen LogP contribution in [-0.2, 0) is 9.53 Å². The summed E-state index contributed by atoms with van der Waals surface area (Å²) in [6, 6.07) is 0. The maximum absolute atomic E-state index is 11.0. The van der Waals surface area contributed by atoms with Gasteiger partial charge in [0, 0.05) is 7.11 Å². The van der Waals surface area contributed by atoms with Crippen LogP contribution in [0.4, 0.5) is 0 Å². The molecule has 0 saturated heterocycles. The first-order chi connectivity index (χ1) is 5.24. The maximum Gasteiger partial charge on any atom is 0.181 e. The first kappa shape index (κ1) is 10.4. The van der Waals surface area contributed by atoms with Gasteiger partial charge in [-0.25, -0.2) is 0 Å². The van der Waals surface area contributed by atoms with Gasteiger partial charge in [0.15, 0.2) is 5.78 Å². The average molecular weight is 156 g/mol. The lowest BCUT2D eigenvalue weighted by atomic mass is 10.1. The Morgan fingerprint density at radius 3 is 2.27 bits per heavy atom. The molecule has 0 aromatic rings. The molecule has 0 atom stereocenters. The third-order valence-corrected chi connectivity index (χ3v) is 1.56. The van der Waals surface area contributed by atoms with Gasteiger partial charge in [-0.1, -0.05) is 19.4 Å². The Labute approximate surface area is 68.2 Å². The van der Waals surface area contributed by atoms with Crippen molar-refractivity contribution in [3.63, 3.8) is 0 Å². The zero-order valence-electron chi connectivity index (χ0n) is 7.52. The Balaban J connectivity index is 3.93. The number of hydrogen-bond donors (Lipinski definition) is 0. The van der Waals surface area contributed by atoms with E-state index in [0.717, 1.165) is 12.8 Å². The van der Waals surface area contributed by atoms with Crippen LogP contribution in [0.1, 0.15) is 26.7 Å². The molecule has 0 aromatic carbocycles. The number of allylic oxidation sites excluding steroid dienone is 1. The van der Waals surface area contributed by atoms with Crippen LogP contribution in [0.5, 0.6) is 0 Å². The van der Waals surface area contributed by atoms with Gasteiger partial charge in [0.2, 0.25) is 0 Å². The van der Waals surface area contributed by atoms with Crippen molar-refractivity contribution in [2.75, 3.05) is 13.7 Å². The summed E-state index contributed by atoms with van der Waals surface area (Å²) >= 11 is 0. The van der Waals surface area contributed by atoms with Crippen LogP contribution in [0.25, 0.3) is 0 Å². The third-order valence-electron chi connectivity index (χ3n) is 1.56. The van der Waals surface area contributed by atoms with Crippen molar-refractivity contribution in [1.82, 2.24) is 0 Å². The molecule has 0 saturated carbocycles. The van der Waals surface area contributed by atoms with E-state index in [-0.39, 0.29) is 12.4 Å². The first-order valence-electron chi connectivity index (χ1n) is 3.95. The fourth-order valence-corrected chi connectivity index (χ4v) is 0.866. The second-order valence-electron chi connectivity index (χ2n) is 2.41. The molecule has 2 heteroatoms. The molecule has 0 fully saturated rings. The van der Waals surface area contributed by atoms with Crippen molar-refractivity contribution in [2.24, 2.45) is 0 Å². The van der Waals surface area contributed by atoms with Crippen molar-refractivity contribution < 1.29 is 9.53 Å². The lowest BCUT2D eigenvalue weighted by Gasteiger charge is -1.98. The average Bonchev–Trinajstić information content (AvgIpc) is 2.01. The van der Waals surface area contributed by atoms with Gasteiger partial charge >= 0.3 is 0 Å². The summed E-state index contributed by atoms with van der Waals surface area (Å²) in [5.74, 6) is 0.0613. The predicted molar refractivity (Wildman–Crippen MR) is 45.5 cm³/mol. The first-order valence-corrected chi connectivity index (χ1v) is 3.95. The minimum Gasteiger partial charge on any atom is -0.377 e. The Morgan fingerprint density at radius 1 is 1.36 bits per heavy atom. The molecule has 0 heterocycles. The molecule has 0 amide bonds. The van der Waals surface area contributed by atoms with Crippen LogP contribution < -0.4 is 0 Å². The van der Waals surface area contributed by atoms with Gasteiger partial charge in [-0.2, -0.15) is 0 Å². The summed E-state index contributed by atoms with van der Waals surface area (Å²) in [6.45, 7) is 4.30. The van der Waals surface area contributed by atoms with Gasteiger partial charge in [-0.15, -0.1) is 0 Å². The van der Waals surface area contributed by atoms with E-state index >= 15 is 0 Å². The van der Waals surface area contributed by atoms with E-state index in [2.05, 4.69) is 13.8 Å². The van der Waals surface area contributed by atoms with Crippen LogP contribution in [0, 0.1) is 0 Å². The van der Waals surface area contributed by atoms with Crippen molar-refractivity contribution in [2.45, 2.75) is 26.7 Å². The quantitative estimate of drug-likeness (QED) is 0.569. The zero-order chi connectivity index (χ0) is 8.69. The van der Waals surface area contributed by atoms with Crippen molar-refractivity contribution in [3.8, 4) is 0 Å². The summed E-state index contributed by atoms with van der Waals surface area (Å²) in [5, 5.41) is 0. The molecule has 64 valence electrons. The topological polar surface area (TPSA) is 26.3 Å². The molecule has 0 bridgehead atoms. The number of rotatable bonds is 5. The fourth-order valence-electron chi connectivity index (χ4n) is 0.866. The van der Waals surface area contributed by atoms with Crippen molar-refractivity contribution >= 4 is 5.78 Å². The summed E-state index contributed by atoms with van der Waals surface area (Å²) < 4.78 is 4.70. The smallest absolute Gasteiger partial charge is 0.181 e. The Bertz CT molecular complexity index is 142. The second kappa shape index (κ2) is 6.10. The second-order valence-corrected chi connectivity index (χ2v) is 2.41. The van der Waals surface area contributed by atoms with E-state index in [1.165, 1.54) is 12.7 Å². The summed E-state index contributed by atoms with van der Waals surface area (Å²) in [6.07, 6.45) is 3.58. The van der Waals surface area contributed by atoms with E-state index in [4.69, 9.17) is 4.74 Å². The van der Waals surface area contributed by atoms with E-state index < -0.39 is 0 Å². The molecule has 2 nitrogen and oxygen atoms in total. The molecule has 0 radical (unpaired) electrons. The lowest BCUT2D eigenvalue weighted by molar-refractivity contribution is -0.118. The Hall–Kier alpha value is -0.630. The third kappa shape index (κ3) is 4.73. The molecule has 0 N–H and O–H groups in total. The number of ketones is 1. The fraction of sp³-hybridized carbons (Fsp3) is 0.667. The highest BCUT2D eigenvalue weighted by Crippen LogP contribution is 2.04. The molecular formula is C9H16O2. The highest BCUT2D eigenvalue weighted by molar-refractivity contribution is 5.91. The van der Waals surface area contributed by atoms with Crippen LogP contribution >= 0.6 is 0 Å². The molecule has 0 spiro atoms. The summed E-state index contributed by atoms with van der Waals surface area (Å²) in [7, 11) is 1.53. The van der Waals surface area contributed by atoms with Gasteiger partial charge in [0.05, 0.1) is 0 Å². The van der Waals surface area contributed by atoms with E-state index in [1.54, 1.807) is 6.08 Å². The van der Waals surface area contributed by atoms with Gasteiger partial charge in [-0.05, 0) is 18.9 Å². The Morgan fingerprint density at radius 2 is 1.91 bits per heavy atom. The number of carbonyl (C=O) groups is 1. The molecular weight excluding hydrogens is 140 g/mol. The van der Waals surface area contributed by atoms with Crippen LogP contribution in [-0.4, -0.2) is 19.5 Å². The standard InChI is InChI=1S/C9H16O2/c1-4-8(5-2)6-9(10)7-11-3/h6H,4-5,7H2,1-3H3. The number of ether oxygens (including phenoxy) is 1. The normalized spacial score (nSPS) is 9.36. The summed E-state index contributed by atoms with van der Waals surface area (Å²) in [4.78, 5) is 11.0. The molecule has 0 aliphatic heterocycles. The van der Waals surface area contributed by atoms with E-state index in [9.17, 15) is 4.79 Å². The molecule has 11 heavy (non-hydrogen) atoms. The Kier molecular flexibility index (Phi) is 5.75. The van der Waals surface area contributed by atoms with E-state index in [0.29, 0.717) is 0 Å². The number of methoxy groups -OCH3 is 1. The van der Waals surface area contributed by atoms with Gasteiger partial charge < -0.3 is 4.74 Å². The monoisotopic (exact) mass is 156 g/mol. The minimum atomic E-state index is 0.0613. The molecule has 0 aliphatic carbocycles. The van der Waals surface area contributed by atoms with Crippen LogP contribution in [0.2, 0.25) is 0 Å². The zero-order valence-corrected chi connectivity index (χ0v) is 7.52. The highest BCUT2D eigenvalue weighted by Gasteiger charge is 1.97. The number of hydrogen-bond acceptors (Lipinski definition) is 2. The largest absolute Gasteiger partial charge is 0.377 e. The van der Waals surface area contributed by atoms with Crippen molar-refractivity contribution in [1.29, 1.82) is 0 Å². The molecule has 0 rings (SSSR count). The SMILES string of the molecule is CCC(=CC(=O)COC)CC. The van der Waals surface area contributed by atoms with Crippen molar-refractivity contribution in [3.05, 3.63) is 11.6 Å². The lowest BCUT2D eigenvalue weighted by Crippen LogP contribution is -2.03. The minimum absolute atomic E-state index is 0.0613. The van der Waals surface area contributed by atoms with E-state index in [1.807, 2.05) is 0 Å². The van der Waals surface area contributed by atoms with Crippen LogP contribution in [0.3, 0.4) is 0 Å². The molecule has 0 unspecified atom stereocenters. The molecule has 0 aromatic heterocycles.